The van der Waals surface area contributed by atoms with Crippen molar-refractivity contribution in [3.63, 3.8) is 0 Å². The molecule has 1 saturated heterocycles. The van der Waals surface area contributed by atoms with E-state index in [9.17, 15) is 4.79 Å². The fourth-order valence-corrected chi connectivity index (χ4v) is 4.14. The molecule has 2 rings (SSSR count). The van der Waals surface area contributed by atoms with E-state index < -0.39 is 0 Å². The Morgan fingerprint density at radius 3 is 2.15 bits per heavy atom. The molecule has 0 radical (unpaired) electrons. The Morgan fingerprint density at radius 2 is 1.65 bits per heavy atom. The van der Waals surface area contributed by atoms with Gasteiger partial charge in [0.05, 0.1) is 0 Å². The van der Waals surface area contributed by atoms with Crippen molar-refractivity contribution in [1.82, 2.24) is 10.6 Å². The lowest BCUT2D eigenvalue weighted by atomic mass is 9.78. The fraction of sp³-hybridized carbons (Fsp3) is 0.824. The van der Waals surface area contributed by atoms with Gasteiger partial charge in [-0.15, -0.1) is 0 Å². The summed E-state index contributed by atoms with van der Waals surface area (Å²) in [5.41, 5.74) is 1.39. The Balaban J connectivity index is 2.10. The van der Waals surface area contributed by atoms with Crippen molar-refractivity contribution >= 4 is 5.78 Å². The highest BCUT2D eigenvalue weighted by molar-refractivity contribution is 5.83. The molecule has 0 unspecified atom stereocenters. The van der Waals surface area contributed by atoms with E-state index in [-0.39, 0.29) is 16.5 Å². The SMILES string of the molecule is CC1(C)C=C(NC2CC(C)(C)NC(C)(C)C2)CC(=O)C1. The molecule has 0 saturated carbocycles. The average molecular weight is 278 g/mol. The van der Waals surface area contributed by atoms with Gasteiger partial charge in [0.2, 0.25) is 0 Å². The van der Waals surface area contributed by atoms with Gasteiger partial charge in [0.25, 0.3) is 0 Å². The number of allylic oxidation sites excluding steroid dienone is 2. The van der Waals surface area contributed by atoms with E-state index in [1.807, 2.05) is 0 Å². The molecule has 114 valence electrons. The molecule has 0 aromatic heterocycles. The molecular weight excluding hydrogens is 248 g/mol. The number of Topliss-reactive ketones (excluding diaryl/α,β-unsaturated/α-hetero) is 1. The molecule has 0 atom stereocenters. The number of rotatable bonds is 2. The van der Waals surface area contributed by atoms with E-state index >= 15 is 0 Å². The molecule has 20 heavy (non-hydrogen) atoms. The largest absolute Gasteiger partial charge is 0.385 e. The smallest absolute Gasteiger partial charge is 0.139 e. The number of ketones is 1. The highest BCUT2D eigenvalue weighted by Crippen LogP contribution is 2.33. The summed E-state index contributed by atoms with van der Waals surface area (Å²) in [5.74, 6) is 0.354. The molecule has 1 aliphatic heterocycles. The Bertz CT molecular complexity index is 416. The van der Waals surface area contributed by atoms with E-state index in [1.54, 1.807) is 0 Å². The molecular formula is C17H30N2O. The second-order valence-corrected chi connectivity index (χ2v) is 8.69. The van der Waals surface area contributed by atoms with E-state index in [4.69, 9.17) is 0 Å². The van der Waals surface area contributed by atoms with Gasteiger partial charge in [0.15, 0.2) is 0 Å². The molecule has 1 fully saturated rings. The Kier molecular flexibility index (Phi) is 3.79. The number of piperidine rings is 1. The van der Waals surface area contributed by atoms with Gasteiger partial charge in [-0.1, -0.05) is 19.9 Å². The van der Waals surface area contributed by atoms with Crippen molar-refractivity contribution in [3.8, 4) is 0 Å². The maximum atomic E-state index is 11.9. The number of carbonyl (C=O) groups excluding carboxylic acids is 1. The monoisotopic (exact) mass is 278 g/mol. The maximum absolute atomic E-state index is 11.9. The molecule has 2 N–H and O–H groups in total. The van der Waals surface area contributed by atoms with Crippen LogP contribution in [0.15, 0.2) is 11.8 Å². The van der Waals surface area contributed by atoms with Crippen LogP contribution in [0.1, 0.15) is 67.2 Å². The quantitative estimate of drug-likeness (QED) is 0.815. The normalized spacial score (nSPS) is 28.9. The van der Waals surface area contributed by atoms with Crippen LogP contribution in [-0.2, 0) is 4.79 Å². The van der Waals surface area contributed by atoms with Crippen LogP contribution in [-0.4, -0.2) is 22.9 Å². The van der Waals surface area contributed by atoms with Crippen molar-refractivity contribution in [2.24, 2.45) is 5.41 Å². The molecule has 0 aromatic carbocycles. The fourth-order valence-electron chi connectivity index (χ4n) is 4.14. The first-order valence-corrected chi connectivity index (χ1v) is 7.76. The van der Waals surface area contributed by atoms with E-state index in [1.165, 1.54) is 0 Å². The summed E-state index contributed by atoms with van der Waals surface area (Å²) in [7, 11) is 0. The first kappa shape index (κ1) is 15.6. The van der Waals surface area contributed by atoms with Gasteiger partial charge in [-0.05, 0) is 46.0 Å². The molecule has 1 aliphatic carbocycles. The topological polar surface area (TPSA) is 41.1 Å². The third-order valence-electron chi connectivity index (χ3n) is 4.19. The van der Waals surface area contributed by atoms with Crippen molar-refractivity contribution in [2.45, 2.75) is 84.3 Å². The minimum Gasteiger partial charge on any atom is -0.385 e. The zero-order valence-corrected chi connectivity index (χ0v) is 13.9. The van der Waals surface area contributed by atoms with Crippen molar-refractivity contribution in [3.05, 3.63) is 11.8 Å². The first-order valence-electron chi connectivity index (χ1n) is 7.76. The Hall–Kier alpha value is -0.830. The zero-order chi connectivity index (χ0) is 15.2. The zero-order valence-electron chi connectivity index (χ0n) is 13.9. The van der Waals surface area contributed by atoms with Gasteiger partial charge < -0.3 is 10.6 Å². The summed E-state index contributed by atoms with van der Waals surface area (Å²) >= 11 is 0. The third-order valence-corrected chi connectivity index (χ3v) is 4.19. The third kappa shape index (κ3) is 4.08. The van der Waals surface area contributed by atoms with Gasteiger partial charge in [0.1, 0.15) is 5.78 Å². The lowest BCUT2D eigenvalue weighted by Gasteiger charge is -2.47. The Morgan fingerprint density at radius 1 is 1.10 bits per heavy atom. The lowest BCUT2D eigenvalue weighted by Crippen LogP contribution is -2.61. The molecule has 1 heterocycles. The van der Waals surface area contributed by atoms with Gasteiger partial charge in [-0.3, -0.25) is 4.79 Å². The summed E-state index contributed by atoms with van der Waals surface area (Å²) in [4.78, 5) is 11.9. The number of carbonyl (C=O) groups is 1. The molecule has 0 bridgehead atoms. The second kappa shape index (κ2) is 4.87. The van der Waals surface area contributed by atoms with Crippen molar-refractivity contribution in [2.75, 3.05) is 0 Å². The van der Waals surface area contributed by atoms with Crippen molar-refractivity contribution < 1.29 is 4.79 Å². The van der Waals surface area contributed by atoms with Gasteiger partial charge in [-0.25, -0.2) is 0 Å². The minimum atomic E-state index is -0.00435. The van der Waals surface area contributed by atoms with Gasteiger partial charge in [-0.2, -0.15) is 0 Å². The van der Waals surface area contributed by atoms with Crippen LogP contribution in [0.4, 0.5) is 0 Å². The predicted molar refractivity (Wildman–Crippen MR) is 83.6 cm³/mol. The summed E-state index contributed by atoms with van der Waals surface area (Å²) in [6.45, 7) is 13.3. The molecule has 0 aromatic rings. The van der Waals surface area contributed by atoms with Crippen LogP contribution in [0.2, 0.25) is 0 Å². The van der Waals surface area contributed by atoms with E-state index in [2.05, 4.69) is 58.3 Å². The highest BCUT2D eigenvalue weighted by atomic mass is 16.1. The number of hydrogen-bond donors (Lipinski definition) is 2. The summed E-state index contributed by atoms with van der Waals surface area (Å²) in [6, 6.07) is 0.439. The molecule has 2 aliphatic rings. The number of hydrogen-bond acceptors (Lipinski definition) is 3. The second-order valence-electron chi connectivity index (χ2n) is 8.69. The summed E-state index contributed by atoms with van der Waals surface area (Å²) in [6.07, 6.45) is 5.68. The number of nitrogens with one attached hydrogen (secondary N) is 2. The van der Waals surface area contributed by atoms with E-state index in [0.29, 0.717) is 24.7 Å². The van der Waals surface area contributed by atoms with Crippen LogP contribution >= 0.6 is 0 Å². The molecule has 0 amide bonds. The standard InChI is InChI=1S/C17H30N2O/c1-15(2)8-12(7-14(20)11-15)18-13-9-16(3,4)19-17(5,6)10-13/h8,13,18-19H,7,9-11H2,1-6H3. The summed E-state index contributed by atoms with van der Waals surface area (Å²) in [5, 5.41) is 7.35. The lowest BCUT2D eigenvalue weighted by molar-refractivity contribution is -0.120. The highest BCUT2D eigenvalue weighted by Gasteiger charge is 2.38. The average Bonchev–Trinajstić information content (AvgIpc) is 2.06. The Labute approximate surface area is 123 Å². The first-order chi connectivity index (χ1) is 8.96. The maximum Gasteiger partial charge on any atom is 0.139 e. The van der Waals surface area contributed by atoms with Crippen LogP contribution in [0.25, 0.3) is 0 Å². The van der Waals surface area contributed by atoms with Crippen molar-refractivity contribution in [1.29, 1.82) is 0 Å². The van der Waals surface area contributed by atoms with Crippen LogP contribution in [0.5, 0.6) is 0 Å². The molecule has 3 nitrogen and oxygen atoms in total. The molecule has 0 spiro atoms. The van der Waals surface area contributed by atoms with Crippen LogP contribution in [0, 0.1) is 5.41 Å². The van der Waals surface area contributed by atoms with Crippen LogP contribution < -0.4 is 10.6 Å². The van der Waals surface area contributed by atoms with E-state index in [0.717, 1.165) is 18.5 Å². The van der Waals surface area contributed by atoms with Gasteiger partial charge in [0, 0.05) is 35.7 Å². The van der Waals surface area contributed by atoms with Gasteiger partial charge >= 0.3 is 0 Å². The summed E-state index contributed by atoms with van der Waals surface area (Å²) < 4.78 is 0. The molecule has 3 heteroatoms. The minimum absolute atomic E-state index is 0.00435. The predicted octanol–water partition coefficient (Wildman–Crippen LogP) is 3.16. The van der Waals surface area contributed by atoms with Crippen LogP contribution in [0.3, 0.4) is 0 Å².